The zero-order chi connectivity index (χ0) is 64.7. The van der Waals surface area contributed by atoms with Crippen LogP contribution in [0.1, 0.15) is 31.8 Å². The molecule has 4 heterocycles. The average Bonchev–Trinajstić information content (AvgIpc) is 1.21. The number of benzene rings is 16. The largest absolute Gasteiger partial charge is 0.457 e. The second kappa shape index (κ2) is 22.1. The van der Waals surface area contributed by atoms with Gasteiger partial charge in [0.1, 0.15) is 13.2 Å². The first-order valence-electron chi connectivity index (χ1n) is 33.8. The first kappa shape index (κ1) is 56.0. The number of hydrogen-bond acceptors (Lipinski definition) is 4. The lowest BCUT2D eigenvalue weighted by molar-refractivity contribution is 0.0464. The van der Waals surface area contributed by atoms with Gasteiger partial charge in [0.05, 0.1) is 11.1 Å². The highest BCUT2D eigenvalue weighted by atomic mass is 16.5. The molecule has 0 fully saturated rings. The summed E-state index contributed by atoms with van der Waals surface area (Å²) in [7, 11) is 0. The van der Waals surface area contributed by atoms with Crippen LogP contribution in [-0.2, 0) is 22.7 Å². The highest BCUT2D eigenvalue weighted by Crippen LogP contribution is 2.55. The van der Waals surface area contributed by atoms with E-state index in [1.54, 1.807) is 0 Å². The number of rotatable bonds is 12. The molecule has 16 aromatic rings. The standard InChI is InChI=1S/C92H56B2O4/c95-91(97-53-55-25-7-1-8-26-55)61-45-75-67-37-19-21-43-79(67)93-81-51-74-70(84-65(59-33-15-5-16-34-59)41-24-42-66(84)60-35-17-6-18-36-60)50-72-78-48-62(92(96)98-54-56-27-9-2-10-28-56)46-76-68-38-20-22-44-80(68)94(90(76)78)82-52-73-69(49-71(77(47-61)89(75)93)85(81)87(73)88(74)86(72)82)83-63(57-29-11-3-12-30-57)39-23-40-64(83)58-31-13-4-14-32-58/h1-52H,53-54H2. The van der Waals surface area contributed by atoms with Crippen molar-refractivity contribution >= 4 is 90.5 Å². The molecule has 0 unspecified atom stereocenters. The summed E-state index contributed by atoms with van der Waals surface area (Å²) in [5, 5.41) is 6.94. The van der Waals surface area contributed by atoms with Crippen LogP contribution in [0.25, 0.3) is 144 Å². The van der Waals surface area contributed by atoms with Crippen molar-refractivity contribution in [3.05, 3.63) is 338 Å². The number of carbonyl (C=O) groups is 2. The summed E-state index contributed by atoms with van der Waals surface area (Å²) in [6, 6.07) is 113. The molecule has 0 atom stereocenters. The van der Waals surface area contributed by atoms with E-state index in [0.717, 1.165) is 155 Å². The normalized spacial score (nSPS) is 12.4. The molecule has 0 bridgehead atoms. The third-order valence-electron chi connectivity index (χ3n) is 21.3. The molecule has 0 spiro atoms. The van der Waals surface area contributed by atoms with Gasteiger partial charge in [-0.1, -0.05) is 312 Å². The molecule has 4 nitrogen and oxygen atoms in total. The first-order chi connectivity index (χ1) is 48.5. The van der Waals surface area contributed by atoms with Gasteiger partial charge in [-0.3, -0.25) is 0 Å². The van der Waals surface area contributed by atoms with Crippen molar-refractivity contribution in [3.8, 4) is 111 Å². The molecule has 4 aliphatic rings. The van der Waals surface area contributed by atoms with E-state index in [0.29, 0.717) is 11.1 Å². The Morgan fingerprint density at radius 1 is 0.245 bits per heavy atom. The second-order valence-electron chi connectivity index (χ2n) is 26.5. The monoisotopic (exact) mass is 1250 g/mol. The van der Waals surface area contributed by atoms with Crippen LogP contribution in [0.4, 0.5) is 0 Å². The van der Waals surface area contributed by atoms with Crippen molar-refractivity contribution in [1.29, 1.82) is 0 Å². The first-order valence-corrected chi connectivity index (χ1v) is 33.8. The molecular weight excluding hydrogens is 1190 g/mol. The van der Waals surface area contributed by atoms with Crippen molar-refractivity contribution in [3.63, 3.8) is 0 Å². The molecule has 0 aliphatic carbocycles. The van der Waals surface area contributed by atoms with Crippen LogP contribution < -0.4 is 32.8 Å². The molecule has 16 aromatic carbocycles. The van der Waals surface area contributed by atoms with Crippen LogP contribution >= 0.6 is 0 Å². The lowest BCUT2D eigenvalue weighted by Crippen LogP contribution is -2.53. The van der Waals surface area contributed by atoms with Gasteiger partial charge >= 0.3 is 11.9 Å². The minimum Gasteiger partial charge on any atom is -0.457 e. The molecule has 4 aliphatic heterocycles. The fourth-order valence-corrected chi connectivity index (χ4v) is 17.3. The summed E-state index contributed by atoms with van der Waals surface area (Å²) < 4.78 is 12.6. The number of esters is 2. The fraction of sp³-hybridized carbons (Fsp3) is 0.0217. The van der Waals surface area contributed by atoms with Gasteiger partial charge < -0.3 is 9.47 Å². The summed E-state index contributed by atoms with van der Waals surface area (Å²) in [5.74, 6) is -0.743. The molecule has 0 radical (unpaired) electrons. The molecular formula is C92H56B2O4. The highest BCUT2D eigenvalue weighted by molar-refractivity contribution is 7.03. The van der Waals surface area contributed by atoms with Crippen molar-refractivity contribution in [2.24, 2.45) is 0 Å². The molecule has 0 aromatic heterocycles. The molecule has 0 saturated carbocycles. The number of carbonyl (C=O) groups excluding carboxylic acids is 2. The fourth-order valence-electron chi connectivity index (χ4n) is 17.3. The number of ether oxygens (including phenoxy) is 2. The van der Waals surface area contributed by atoms with Crippen LogP contribution in [0.3, 0.4) is 0 Å². The van der Waals surface area contributed by atoms with Crippen LogP contribution in [0.5, 0.6) is 0 Å². The minimum atomic E-state index is -0.371. The van der Waals surface area contributed by atoms with E-state index in [-0.39, 0.29) is 38.6 Å². The topological polar surface area (TPSA) is 52.6 Å². The average molecular weight is 1250 g/mol. The molecule has 454 valence electrons. The van der Waals surface area contributed by atoms with E-state index in [4.69, 9.17) is 9.47 Å². The molecule has 0 saturated heterocycles. The Hall–Kier alpha value is -12.4. The molecule has 20 rings (SSSR count). The van der Waals surface area contributed by atoms with Gasteiger partial charge in [0.25, 0.3) is 0 Å². The molecule has 0 amide bonds. The Balaban J connectivity index is 0.987. The Kier molecular flexibility index (Phi) is 12.6. The smallest absolute Gasteiger partial charge is 0.338 e. The quantitative estimate of drug-likeness (QED) is 0.0695. The van der Waals surface area contributed by atoms with Crippen LogP contribution in [0, 0.1) is 0 Å². The Bertz CT molecular complexity index is 5530. The molecule has 0 N–H and O–H groups in total. The van der Waals surface area contributed by atoms with E-state index in [1.807, 2.05) is 60.7 Å². The Morgan fingerprint density at radius 3 is 0.888 bits per heavy atom. The predicted octanol–water partition coefficient (Wildman–Crippen LogP) is 18.3. The van der Waals surface area contributed by atoms with Crippen molar-refractivity contribution in [2.75, 3.05) is 0 Å². The summed E-state index contributed by atoms with van der Waals surface area (Å²) >= 11 is 0. The maximum absolute atomic E-state index is 15.1. The zero-order valence-corrected chi connectivity index (χ0v) is 53.2. The van der Waals surface area contributed by atoms with Gasteiger partial charge in [0.15, 0.2) is 0 Å². The highest BCUT2D eigenvalue weighted by Gasteiger charge is 2.46. The summed E-state index contributed by atoms with van der Waals surface area (Å²) in [6.45, 7) is -0.0931. The van der Waals surface area contributed by atoms with Gasteiger partial charge in [0, 0.05) is 0 Å². The van der Waals surface area contributed by atoms with E-state index >= 15 is 9.59 Å². The van der Waals surface area contributed by atoms with Gasteiger partial charge in [0.2, 0.25) is 13.4 Å². The van der Waals surface area contributed by atoms with Crippen LogP contribution in [0.15, 0.2) is 315 Å². The van der Waals surface area contributed by atoms with E-state index in [9.17, 15) is 0 Å². The lowest BCUT2D eigenvalue weighted by Gasteiger charge is -2.33. The molecule has 98 heavy (non-hydrogen) atoms. The number of fused-ring (bicyclic) bond motifs is 10. The lowest BCUT2D eigenvalue weighted by atomic mass is 9.34. The maximum atomic E-state index is 15.1. The van der Waals surface area contributed by atoms with Gasteiger partial charge in [-0.05, 0) is 191 Å². The van der Waals surface area contributed by atoms with E-state index < -0.39 is 0 Å². The SMILES string of the molecule is O=C(OCc1ccccc1)c1cc2c3c(c1)-c1cc(-c4c(-c5ccccc5)cccc4-c4ccccc4)c4cc5c6c(cc(-c7c(-c8ccccc8)cccc7-c7ccccc7)c7cc(c1c4c76)B3c1ccccc1-2)-c1cc(C(=O)OCc2ccccc2)cc2c1B5c1ccccc1-2. The van der Waals surface area contributed by atoms with Crippen molar-refractivity contribution in [2.45, 2.75) is 13.2 Å². The zero-order valence-electron chi connectivity index (χ0n) is 53.2. The van der Waals surface area contributed by atoms with E-state index in [1.165, 1.54) is 32.8 Å². The Labute approximate surface area is 568 Å². The maximum Gasteiger partial charge on any atom is 0.338 e. The third kappa shape index (κ3) is 8.47. The number of hydrogen-bond donors (Lipinski definition) is 0. The van der Waals surface area contributed by atoms with Crippen molar-refractivity contribution < 1.29 is 19.1 Å². The second-order valence-corrected chi connectivity index (χ2v) is 26.5. The predicted molar refractivity (Wildman–Crippen MR) is 405 cm³/mol. The van der Waals surface area contributed by atoms with Gasteiger partial charge in [-0.25, -0.2) is 9.59 Å². The summed E-state index contributed by atoms with van der Waals surface area (Å²) in [4.78, 5) is 30.1. The minimum absolute atomic E-state index is 0.149. The van der Waals surface area contributed by atoms with Gasteiger partial charge in [-0.2, -0.15) is 0 Å². The Morgan fingerprint density at radius 2 is 0.541 bits per heavy atom. The summed E-state index contributed by atoms with van der Waals surface area (Å²) in [5.41, 5.74) is 31.9. The molecule has 6 heteroatoms. The third-order valence-corrected chi connectivity index (χ3v) is 21.3. The van der Waals surface area contributed by atoms with E-state index in [2.05, 4.69) is 255 Å². The van der Waals surface area contributed by atoms with Crippen LogP contribution in [0.2, 0.25) is 0 Å². The van der Waals surface area contributed by atoms with Gasteiger partial charge in [-0.15, -0.1) is 0 Å². The van der Waals surface area contributed by atoms with Crippen LogP contribution in [-0.4, -0.2) is 25.4 Å². The van der Waals surface area contributed by atoms with Crippen molar-refractivity contribution in [1.82, 2.24) is 0 Å². The summed E-state index contributed by atoms with van der Waals surface area (Å²) in [6.07, 6.45) is 0.